The van der Waals surface area contributed by atoms with E-state index in [0.717, 1.165) is 17.0 Å². The van der Waals surface area contributed by atoms with E-state index in [9.17, 15) is 9.59 Å². The van der Waals surface area contributed by atoms with Gasteiger partial charge in [-0.25, -0.2) is 4.98 Å². The lowest BCUT2D eigenvalue weighted by atomic mass is 10.0. The number of aryl methyl sites for hydroxylation is 1. The summed E-state index contributed by atoms with van der Waals surface area (Å²) in [6, 6.07) is 7.36. The van der Waals surface area contributed by atoms with Gasteiger partial charge >= 0.3 is 0 Å². The molecule has 2 amide bonds. The van der Waals surface area contributed by atoms with E-state index in [4.69, 9.17) is 4.74 Å². The number of rotatable bonds is 6. The van der Waals surface area contributed by atoms with Crippen LogP contribution < -0.4 is 10.1 Å². The third kappa shape index (κ3) is 5.56. The number of carbonyl (C=O) groups is 2. The van der Waals surface area contributed by atoms with Crippen LogP contribution in [0, 0.1) is 6.92 Å². The van der Waals surface area contributed by atoms with Crippen molar-refractivity contribution in [1.82, 2.24) is 9.88 Å². The van der Waals surface area contributed by atoms with E-state index in [0.29, 0.717) is 5.13 Å². The molecule has 140 valence electrons. The molecule has 0 bridgehead atoms. The van der Waals surface area contributed by atoms with Gasteiger partial charge in [0.25, 0.3) is 0 Å². The quantitative estimate of drug-likeness (QED) is 0.841. The highest BCUT2D eigenvalue weighted by atomic mass is 32.1. The molecule has 2 aromatic rings. The van der Waals surface area contributed by atoms with Gasteiger partial charge in [-0.05, 0) is 45.4 Å². The SMILES string of the molecule is COc1ccc(CC(=O)N(CC(=O)Nc2nc(C)cs2)C(C)(C)C)cc1. The van der Waals surface area contributed by atoms with Gasteiger partial charge in [0.05, 0.1) is 19.2 Å². The third-order valence-corrected chi connectivity index (χ3v) is 4.67. The van der Waals surface area contributed by atoms with Crippen LogP contribution >= 0.6 is 11.3 Å². The third-order valence-electron chi connectivity index (χ3n) is 3.79. The Labute approximate surface area is 158 Å². The summed E-state index contributed by atoms with van der Waals surface area (Å²) in [5, 5.41) is 5.17. The Balaban J connectivity index is 2.05. The zero-order chi connectivity index (χ0) is 19.3. The van der Waals surface area contributed by atoms with Crippen LogP contribution in [0.2, 0.25) is 0 Å². The first-order valence-electron chi connectivity index (χ1n) is 8.34. The van der Waals surface area contributed by atoms with E-state index >= 15 is 0 Å². The van der Waals surface area contributed by atoms with Crippen molar-refractivity contribution in [3.8, 4) is 5.75 Å². The van der Waals surface area contributed by atoms with Crippen molar-refractivity contribution in [2.24, 2.45) is 0 Å². The predicted molar refractivity (Wildman–Crippen MR) is 104 cm³/mol. The fourth-order valence-electron chi connectivity index (χ4n) is 2.43. The summed E-state index contributed by atoms with van der Waals surface area (Å²) in [5.74, 6) is 0.387. The van der Waals surface area contributed by atoms with Crippen LogP contribution in [-0.4, -0.2) is 40.9 Å². The van der Waals surface area contributed by atoms with Crippen LogP contribution in [0.15, 0.2) is 29.6 Å². The Hall–Kier alpha value is -2.41. The Kier molecular flexibility index (Phi) is 6.37. The second kappa shape index (κ2) is 8.31. The number of nitrogens with zero attached hydrogens (tertiary/aromatic N) is 2. The van der Waals surface area contributed by atoms with E-state index in [1.807, 2.05) is 57.3 Å². The minimum Gasteiger partial charge on any atom is -0.497 e. The topological polar surface area (TPSA) is 71.5 Å². The van der Waals surface area contributed by atoms with Gasteiger partial charge in [-0.3, -0.25) is 9.59 Å². The molecule has 0 saturated heterocycles. The Bertz CT molecular complexity index is 763. The van der Waals surface area contributed by atoms with Gasteiger partial charge in [0.1, 0.15) is 12.3 Å². The Morgan fingerprint density at radius 1 is 1.23 bits per heavy atom. The highest BCUT2D eigenvalue weighted by molar-refractivity contribution is 7.13. The molecule has 0 aliphatic carbocycles. The average molecular weight is 375 g/mol. The van der Waals surface area contributed by atoms with Gasteiger partial charge in [0, 0.05) is 10.9 Å². The number of hydrogen-bond donors (Lipinski definition) is 1. The molecular weight excluding hydrogens is 350 g/mol. The van der Waals surface area contributed by atoms with Gasteiger partial charge < -0.3 is 15.0 Å². The molecule has 0 radical (unpaired) electrons. The van der Waals surface area contributed by atoms with Crippen molar-refractivity contribution in [3.63, 3.8) is 0 Å². The highest BCUT2D eigenvalue weighted by Gasteiger charge is 2.28. The number of benzene rings is 1. The van der Waals surface area contributed by atoms with E-state index in [-0.39, 0.29) is 24.8 Å². The second-order valence-corrected chi connectivity index (χ2v) is 7.88. The molecule has 1 N–H and O–H groups in total. The molecule has 26 heavy (non-hydrogen) atoms. The van der Waals surface area contributed by atoms with Gasteiger partial charge in [-0.15, -0.1) is 11.3 Å². The normalized spacial score (nSPS) is 11.1. The molecule has 2 rings (SSSR count). The summed E-state index contributed by atoms with van der Waals surface area (Å²) in [5.41, 5.74) is 1.26. The number of anilines is 1. The Morgan fingerprint density at radius 3 is 2.38 bits per heavy atom. The van der Waals surface area contributed by atoms with Crippen LogP contribution in [0.1, 0.15) is 32.0 Å². The maximum absolute atomic E-state index is 12.8. The molecule has 6 nitrogen and oxygen atoms in total. The van der Waals surface area contributed by atoms with E-state index in [1.54, 1.807) is 12.0 Å². The molecular formula is C19H25N3O3S. The number of methoxy groups -OCH3 is 1. The number of amides is 2. The predicted octanol–water partition coefficient (Wildman–Crippen LogP) is 3.27. The van der Waals surface area contributed by atoms with Crippen molar-refractivity contribution in [2.45, 2.75) is 39.7 Å². The number of thiazole rings is 1. The van der Waals surface area contributed by atoms with Crippen LogP contribution in [-0.2, 0) is 16.0 Å². The second-order valence-electron chi connectivity index (χ2n) is 7.02. The molecule has 0 aliphatic rings. The molecule has 0 aliphatic heterocycles. The summed E-state index contributed by atoms with van der Waals surface area (Å²) in [6.45, 7) is 7.60. The minimum atomic E-state index is -0.473. The lowest BCUT2D eigenvalue weighted by Crippen LogP contribution is -2.49. The van der Waals surface area contributed by atoms with Gasteiger partial charge in [-0.1, -0.05) is 12.1 Å². The zero-order valence-corrected chi connectivity index (χ0v) is 16.6. The van der Waals surface area contributed by atoms with E-state index < -0.39 is 5.54 Å². The highest BCUT2D eigenvalue weighted by Crippen LogP contribution is 2.19. The lowest BCUT2D eigenvalue weighted by Gasteiger charge is -2.35. The number of hydrogen-bond acceptors (Lipinski definition) is 5. The minimum absolute atomic E-state index is 0.0168. The lowest BCUT2D eigenvalue weighted by molar-refractivity contribution is -0.138. The zero-order valence-electron chi connectivity index (χ0n) is 15.8. The average Bonchev–Trinajstić information content (AvgIpc) is 2.97. The van der Waals surface area contributed by atoms with Crippen LogP contribution in [0.4, 0.5) is 5.13 Å². The molecule has 0 unspecified atom stereocenters. The summed E-state index contributed by atoms with van der Waals surface area (Å²) < 4.78 is 5.13. The standard InChI is InChI=1S/C19H25N3O3S/c1-13-12-26-18(20-13)21-16(23)11-22(19(2,3)4)17(24)10-14-6-8-15(25-5)9-7-14/h6-9,12H,10-11H2,1-5H3,(H,20,21,23). The van der Waals surface area contributed by atoms with Crippen LogP contribution in [0.3, 0.4) is 0 Å². The van der Waals surface area contributed by atoms with Crippen molar-refractivity contribution >= 4 is 28.3 Å². The van der Waals surface area contributed by atoms with Gasteiger partial charge in [0.15, 0.2) is 5.13 Å². The van der Waals surface area contributed by atoms with Crippen LogP contribution in [0.25, 0.3) is 0 Å². The first-order valence-corrected chi connectivity index (χ1v) is 9.22. The first kappa shape index (κ1) is 19.9. The summed E-state index contributed by atoms with van der Waals surface area (Å²) in [6.07, 6.45) is 0.227. The van der Waals surface area contributed by atoms with Crippen molar-refractivity contribution < 1.29 is 14.3 Å². The maximum Gasteiger partial charge on any atom is 0.245 e. The molecule has 7 heteroatoms. The summed E-state index contributed by atoms with van der Waals surface area (Å²) in [4.78, 5) is 31.0. The largest absolute Gasteiger partial charge is 0.497 e. The van der Waals surface area contributed by atoms with Crippen molar-refractivity contribution in [1.29, 1.82) is 0 Å². The number of ether oxygens (including phenoxy) is 1. The molecule has 1 aromatic carbocycles. The number of carbonyl (C=O) groups excluding carboxylic acids is 2. The van der Waals surface area contributed by atoms with Gasteiger partial charge in [-0.2, -0.15) is 0 Å². The summed E-state index contributed by atoms with van der Waals surface area (Å²) >= 11 is 1.37. The molecule has 0 spiro atoms. The monoisotopic (exact) mass is 375 g/mol. The van der Waals surface area contributed by atoms with Gasteiger partial charge in [0.2, 0.25) is 11.8 Å². The molecule has 0 fully saturated rings. The fraction of sp³-hybridized carbons (Fsp3) is 0.421. The van der Waals surface area contributed by atoms with Crippen molar-refractivity contribution in [2.75, 3.05) is 19.0 Å². The van der Waals surface area contributed by atoms with Crippen molar-refractivity contribution in [3.05, 3.63) is 40.9 Å². The van der Waals surface area contributed by atoms with Crippen LogP contribution in [0.5, 0.6) is 5.75 Å². The smallest absolute Gasteiger partial charge is 0.245 e. The Morgan fingerprint density at radius 2 is 1.88 bits per heavy atom. The molecule has 0 saturated carbocycles. The maximum atomic E-state index is 12.8. The fourth-order valence-corrected chi connectivity index (χ4v) is 3.13. The molecule has 1 aromatic heterocycles. The van der Waals surface area contributed by atoms with E-state index in [1.165, 1.54) is 11.3 Å². The number of aromatic nitrogens is 1. The first-order chi connectivity index (χ1) is 12.2. The number of nitrogens with one attached hydrogen (secondary N) is 1. The summed E-state index contributed by atoms with van der Waals surface area (Å²) in [7, 11) is 1.60. The molecule has 0 atom stereocenters. The molecule has 1 heterocycles. The van der Waals surface area contributed by atoms with E-state index in [2.05, 4.69) is 10.3 Å².